The highest BCUT2D eigenvalue weighted by molar-refractivity contribution is 7.89. The van der Waals surface area contributed by atoms with E-state index >= 15 is 0 Å². The van der Waals surface area contributed by atoms with E-state index < -0.39 is 21.8 Å². The number of H-pyrrole nitrogens is 1. The van der Waals surface area contributed by atoms with Crippen LogP contribution < -0.4 is 15.8 Å². The third-order valence-electron chi connectivity index (χ3n) is 4.63. The quantitative estimate of drug-likeness (QED) is 0.420. The summed E-state index contributed by atoms with van der Waals surface area (Å²) in [6, 6.07) is 7.43. The zero-order chi connectivity index (χ0) is 21.3. The lowest BCUT2D eigenvalue weighted by molar-refractivity contribution is 0.0994. The van der Waals surface area contributed by atoms with E-state index in [1.165, 1.54) is 35.6 Å². The number of benzene rings is 1. The van der Waals surface area contributed by atoms with Gasteiger partial charge in [0.05, 0.1) is 10.6 Å². The standard InChI is InChI=1S/C19H19N5O4S2/c20-17(25)15-7-13(9-21-15)16-10-29-19(23-16)24-18(26)12-2-1-3-14(6-12)30(27,28)22-8-11-4-5-11/h1-3,6-7,9-11,21-22H,4-5,8H2,(H2,20,25)(H,23,24,26). The summed E-state index contributed by atoms with van der Waals surface area (Å²) in [5.74, 6) is -0.641. The molecule has 1 aliphatic carbocycles. The molecule has 0 atom stereocenters. The van der Waals surface area contributed by atoms with Gasteiger partial charge in [-0.1, -0.05) is 6.07 Å². The van der Waals surface area contributed by atoms with Gasteiger partial charge in [-0.15, -0.1) is 11.3 Å². The number of aromatic amines is 1. The minimum absolute atomic E-state index is 0.0435. The Bertz CT molecular complexity index is 1210. The van der Waals surface area contributed by atoms with Crippen molar-refractivity contribution in [2.45, 2.75) is 17.7 Å². The predicted molar refractivity (Wildman–Crippen MR) is 113 cm³/mol. The molecule has 2 aromatic heterocycles. The number of sulfonamides is 1. The SMILES string of the molecule is NC(=O)c1cc(-c2csc(NC(=O)c3cccc(S(=O)(=O)NCC4CC4)c3)n2)c[nH]1. The Morgan fingerprint density at radius 1 is 1.27 bits per heavy atom. The predicted octanol–water partition coefficient (Wildman–Crippen LogP) is 2.18. The van der Waals surface area contributed by atoms with Gasteiger partial charge in [0.2, 0.25) is 10.0 Å². The monoisotopic (exact) mass is 445 g/mol. The van der Waals surface area contributed by atoms with Crippen molar-refractivity contribution < 1.29 is 18.0 Å². The summed E-state index contributed by atoms with van der Waals surface area (Å²) in [6.45, 7) is 0.414. The average molecular weight is 446 g/mol. The molecule has 4 rings (SSSR count). The van der Waals surface area contributed by atoms with Crippen molar-refractivity contribution in [3.63, 3.8) is 0 Å². The highest BCUT2D eigenvalue weighted by atomic mass is 32.2. The van der Waals surface area contributed by atoms with Gasteiger partial charge < -0.3 is 10.7 Å². The molecule has 1 fully saturated rings. The fourth-order valence-corrected chi connectivity index (χ4v) is 4.63. The molecule has 3 aromatic rings. The number of primary amides is 1. The summed E-state index contributed by atoms with van der Waals surface area (Å²) >= 11 is 1.21. The van der Waals surface area contributed by atoms with Crippen molar-refractivity contribution in [3.8, 4) is 11.3 Å². The maximum Gasteiger partial charge on any atom is 0.265 e. The van der Waals surface area contributed by atoms with Gasteiger partial charge in [0.15, 0.2) is 5.13 Å². The summed E-state index contributed by atoms with van der Waals surface area (Å²) in [5, 5.41) is 4.74. The minimum Gasteiger partial charge on any atom is -0.364 e. The minimum atomic E-state index is -3.67. The number of nitrogens with one attached hydrogen (secondary N) is 3. The van der Waals surface area contributed by atoms with Crippen LogP contribution in [0, 0.1) is 5.92 Å². The highest BCUT2D eigenvalue weighted by Gasteiger charge is 2.24. The number of carbonyl (C=O) groups is 2. The Hall–Kier alpha value is -3.02. The fourth-order valence-electron chi connectivity index (χ4n) is 2.75. The molecule has 156 valence electrons. The van der Waals surface area contributed by atoms with Crippen molar-refractivity contribution in [1.29, 1.82) is 0 Å². The largest absolute Gasteiger partial charge is 0.364 e. The number of carbonyl (C=O) groups excluding carboxylic acids is 2. The van der Waals surface area contributed by atoms with Gasteiger partial charge in [0.1, 0.15) is 5.69 Å². The van der Waals surface area contributed by atoms with Crippen molar-refractivity contribution >= 4 is 38.3 Å². The Morgan fingerprint density at radius 2 is 2.07 bits per heavy atom. The molecule has 9 nitrogen and oxygen atoms in total. The summed E-state index contributed by atoms with van der Waals surface area (Å²) in [4.78, 5) is 30.9. The molecule has 0 unspecified atom stereocenters. The van der Waals surface area contributed by atoms with Gasteiger partial charge in [-0.25, -0.2) is 18.1 Å². The van der Waals surface area contributed by atoms with Crippen LogP contribution in [0.2, 0.25) is 0 Å². The van der Waals surface area contributed by atoms with Crippen LogP contribution in [0.3, 0.4) is 0 Å². The van der Waals surface area contributed by atoms with E-state index in [-0.39, 0.29) is 16.2 Å². The molecule has 0 spiro atoms. The maximum absolute atomic E-state index is 12.6. The van der Waals surface area contributed by atoms with Crippen LogP contribution in [0.1, 0.15) is 33.7 Å². The fraction of sp³-hybridized carbons (Fsp3) is 0.211. The Labute approximate surface area is 176 Å². The number of nitrogens with two attached hydrogens (primary N) is 1. The first-order chi connectivity index (χ1) is 14.3. The molecule has 1 saturated carbocycles. The number of rotatable bonds is 8. The normalized spacial score (nSPS) is 13.9. The Kier molecular flexibility index (Phi) is 5.41. The van der Waals surface area contributed by atoms with E-state index in [0.29, 0.717) is 28.9 Å². The third kappa shape index (κ3) is 4.58. The number of hydrogen-bond donors (Lipinski definition) is 4. The van der Waals surface area contributed by atoms with Crippen LogP contribution in [0.15, 0.2) is 46.8 Å². The molecule has 0 bridgehead atoms. The van der Waals surface area contributed by atoms with Crippen molar-refractivity contribution in [2.75, 3.05) is 11.9 Å². The molecule has 30 heavy (non-hydrogen) atoms. The van der Waals surface area contributed by atoms with Gasteiger partial charge in [0.25, 0.3) is 11.8 Å². The van der Waals surface area contributed by atoms with E-state index in [2.05, 4.69) is 20.0 Å². The molecule has 0 aliphatic heterocycles. The molecule has 2 amide bonds. The maximum atomic E-state index is 12.6. The summed E-state index contributed by atoms with van der Waals surface area (Å²) in [5.41, 5.74) is 6.93. The van der Waals surface area contributed by atoms with Crippen LogP contribution in [-0.2, 0) is 10.0 Å². The second-order valence-corrected chi connectivity index (χ2v) is 9.61. The lowest BCUT2D eigenvalue weighted by Gasteiger charge is -2.08. The van der Waals surface area contributed by atoms with Crippen molar-refractivity contribution in [3.05, 3.63) is 53.2 Å². The number of thiazole rings is 1. The third-order valence-corrected chi connectivity index (χ3v) is 6.81. The van der Waals surface area contributed by atoms with Crippen LogP contribution in [0.5, 0.6) is 0 Å². The lowest BCUT2D eigenvalue weighted by Crippen LogP contribution is -2.26. The van der Waals surface area contributed by atoms with Gasteiger partial charge in [-0.2, -0.15) is 0 Å². The van der Waals surface area contributed by atoms with E-state index in [9.17, 15) is 18.0 Å². The number of anilines is 1. The second-order valence-electron chi connectivity index (χ2n) is 6.98. The van der Waals surface area contributed by atoms with E-state index in [1.54, 1.807) is 17.6 Å². The molecule has 1 aromatic carbocycles. The second kappa shape index (κ2) is 8.01. The summed E-state index contributed by atoms with van der Waals surface area (Å²) < 4.78 is 27.4. The zero-order valence-corrected chi connectivity index (χ0v) is 17.3. The van der Waals surface area contributed by atoms with Crippen molar-refractivity contribution in [1.82, 2.24) is 14.7 Å². The molecular formula is C19H19N5O4S2. The van der Waals surface area contributed by atoms with Crippen LogP contribution in [0.25, 0.3) is 11.3 Å². The molecule has 0 radical (unpaired) electrons. The van der Waals surface area contributed by atoms with Gasteiger partial charge in [-0.05, 0) is 43.0 Å². The van der Waals surface area contributed by atoms with E-state index in [1.807, 2.05) is 0 Å². The molecule has 0 saturated heterocycles. The lowest BCUT2D eigenvalue weighted by atomic mass is 10.2. The number of hydrogen-bond acceptors (Lipinski definition) is 6. The molecular weight excluding hydrogens is 426 g/mol. The molecule has 2 heterocycles. The first kappa shape index (κ1) is 20.3. The van der Waals surface area contributed by atoms with Gasteiger partial charge in [0, 0.05) is 29.2 Å². The Morgan fingerprint density at radius 3 is 2.77 bits per heavy atom. The van der Waals surface area contributed by atoms with E-state index in [4.69, 9.17) is 5.73 Å². The summed E-state index contributed by atoms with van der Waals surface area (Å²) in [6.07, 6.45) is 3.67. The number of aromatic nitrogens is 2. The average Bonchev–Trinajstić information content (AvgIpc) is 3.21. The Balaban J connectivity index is 1.46. The number of nitrogens with zero attached hydrogens (tertiary/aromatic N) is 1. The van der Waals surface area contributed by atoms with Crippen LogP contribution >= 0.6 is 11.3 Å². The topological polar surface area (TPSA) is 147 Å². The zero-order valence-electron chi connectivity index (χ0n) is 15.7. The highest BCUT2D eigenvalue weighted by Crippen LogP contribution is 2.28. The first-order valence-electron chi connectivity index (χ1n) is 9.17. The van der Waals surface area contributed by atoms with E-state index in [0.717, 1.165) is 12.8 Å². The molecule has 5 N–H and O–H groups in total. The van der Waals surface area contributed by atoms with Gasteiger partial charge >= 0.3 is 0 Å². The first-order valence-corrected chi connectivity index (χ1v) is 11.5. The van der Waals surface area contributed by atoms with Crippen molar-refractivity contribution in [2.24, 2.45) is 11.7 Å². The molecule has 11 heteroatoms. The van der Waals surface area contributed by atoms with Gasteiger partial charge in [-0.3, -0.25) is 14.9 Å². The van der Waals surface area contributed by atoms with Crippen LogP contribution in [0.4, 0.5) is 5.13 Å². The smallest absolute Gasteiger partial charge is 0.265 e. The van der Waals surface area contributed by atoms with Crippen LogP contribution in [-0.4, -0.2) is 36.7 Å². The number of amides is 2. The summed E-state index contributed by atoms with van der Waals surface area (Å²) in [7, 11) is -3.67. The molecule has 1 aliphatic rings.